The van der Waals surface area contributed by atoms with Crippen LogP contribution in [0.5, 0.6) is 5.75 Å². The Kier molecular flexibility index (Phi) is 3.16. The van der Waals surface area contributed by atoms with Gasteiger partial charge in [0.25, 0.3) is 0 Å². The molecule has 0 radical (unpaired) electrons. The van der Waals surface area contributed by atoms with Gasteiger partial charge in [-0.15, -0.1) is 10.2 Å². The SMILES string of the molecule is c1nnc(-c2ccc(OCc3cc4n(n3)CCC4)cc2)s1. The topological polar surface area (TPSA) is 52.8 Å². The molecule has 3 aromatic rings. The van der Waals surface area contributed by atoms with E-state index in [0.717, 1.165) is 35.0 Å². The van der Waals surface area contributed by atoms with Crippen molar-refractivity contribution in [3.63, 3.8) is 0 Å². The maximum Gasteiger partial charge on any atom is 0.147 e. The van der Waals surface area contributed by atoms with Crippen LogP contribution in [0.3, 0.4) is 0 Å². The molecule has 6 heteroatoms. The molecule has 0 amide bonds. The Morgan fingerprint density at radius 1 is 1.24 bits per heavy atom. The van der Waals surface area contributed by atoms with Gasteiger partial charge in [-0.3, -0.25) is 4.68 Å². The van der Waals surface area contributed by atoms with Crippen molar-refractivity contribution in [2.75, 3.05) is 0 Å². The quantitative estimate of drug-likeness (QED) is 0.743. The molecule has 0 spiro atoms. The van der Waals surface area contributed by atoms with Crippen LogP contribution in [0.4, 0.5) is 0 Å². The summed E-state index contributed by atoms with van der Waals surface area (Å²) in [5, 5.41) is 13.4. The lowest BCUT2D eigenvalue weighted by Crippen LogP contribution is -1.99. The molecule has 21 heavy (non-hydrogen) atoms. The number of hydrogen-bond donors (Lipinski definition) is 0. The predicted molar refractivity (Wildman–Crippen MR) is 80.2 cm³/mol. The zero-order valence-corrected chi connectivity index (χ0v) is 12.2. The first kappa shape index (κ1) is 12.5. The number of rotatable bonds is 4. The van der Waals surface area contributed by atoms with E-state index in [4.69, 9.17) is 4.74 Å². The predicted octanol–water partition coefficient (Wildman–Crippen LogP) is 2.93. The van der Waals surface area contributed by atoms with Gasteiger partial charge in [-0.1, -0.05) is 11.3 Å². The number of ether oxygens (including phenoxy) is 1. The minimum absolute atomic E-state index is 0.512. The summed E-state index contributed by atoms with van der Waals surface area (Å²) in [4.78, 5) is 0. The van der Waals surface area contributed by atoms with Gasteiger partial charge < -0.3 is 4.74 Å². The molecule has 3 heterocycles. The molecule has 2 aromatic heterocycles. The summed E-state index contributed by atoms with van der Waals surface area (Å²) < 4.78 is 7.87. The summed E-state index contributed by atoms with van der Waals surface area (Å²) >= 11 is 1.53. The summed E-state index contributed by atoms with van der Waals surface area (Å²) in [7, 11) is 0. The van der Waals surface area contributed by atoms with Crippen molar-refractivity contribution < 1.29 is 4.74 Å². The highest BCUT2D eigenvalue weighted by Gasteiger charge is 2.13. The molecule has 4 rings (SSSR count). The second kappa shape index (κ2) is 5.29. The van der Waals surface area contributed by atoms with E-state index in [1.54, 1.807) is 5.51 Å². The molecule has 5 nitrogen and oxygen atoms in total. The lowest BCUT2D eigenvalue weighted by molar-refractivity contribution is 0.299. The van der Waals surface area contributed by atoms with E-state index in [1.165, 1.54) is 23.5 Å². The van der Waals surface area contributed by atoms with E-state index in [-0.39, 0.29) is 0 Å². The molecule has 1 aromatic carbocycles. The molecule has 1 aliphatic rings. The van der Waals surface area contributed by atoms with E-state index in [9.17, 15) is 0 Å². The fraction of sp³-hybridized carbons (Fsp3) is 0.267. The van der Waals surface area contributed by atoms with Gasteiger partial charge in [0.2, 0.25) is 0 Å². The Morgan fingerprint density at radius 3 is 2.90 bits per heavy atom. The Balaban J connectivity index is 1.42. The number of fused-ring (bicyclic) bond motifs is 1. The van der Waals surface area contributed by atoms with Gasteiger partial charge in [0.1, 0.15) is 28.6 Å². The van der Waals surface area contributed by atoms with Crippen LogP contribution in [0.2, 0.25) is 0 Å². The molecule has 0 fully saturated rings. The summed E-state index contributed by atoms with van der Waals surface area (Å²) in [5.41, 5.74) is 5.11. The first-order valence-electron chi connectivity index (χ1n) is 6.93. The zero-order chi connectivity index (χ0) is 14.1. The Labute approximate surface area is 126 Å². The van der Waals surface area contributed by atoms with E-state index < -0.39 is 0 Å². The smallest absolute Gasteiger partial charge is 0.147 e. The highest BCUT2D eigenvalue weighted by Crippen LogP contribution is 2.24. The first-order valence-corrected chi connectivity index (χ1v) is 7.81. The van der Waals surface area contributed by atoms with Gasteiger partial charge in [-0.05, 0) is 43.2 Å². The molecule has 0 saturated heterocycles. The third-order valence-corrected chi connectivity index (χ3v) is 4.31. The fourth-order valence-corrected chi connectivity index (χ4v) is 3.10. The van der Waals surface area contributed by atoms with Crippen LogP contribution >= 0.6 is 11.3 Å². The molecular formula is C15H14N4OS. The Morgan fingerprint density at radius 2 is 2.14 bits per heavy atom. The van der Waals surface area contributed by atoms with Crippen molar-refractivity contribution >= 4 is 11.3 Å². The second-order valence-electron chi connectivity index (χ2n) is 5.01. The molecular weight excluding hydrogens is 284 g/mol. The van der Waals surface area contributed by atoms with Crippen LogP contribution in [-0.2, 0) is 19.6 Å². The molecule has 0 saturated carbocycles. The molecule has 0 unspecified atom stereocenters. The van der Waals surface area contributed by atoms with E-state index in [1.807, 2.05) is 24.3 Å². The third-order valence-electron chi connectivity index (χ3n) is 3.56. The summed E-state index contributed by atoms with van der Waals surface area (Å²) in [6.45, 7) is 1.55. The average Bonchev–Trinajstić information content (AvgIpc) is 3.22. The lowest BCUT2D eigenvalue weighted by atomic mass is 10.2. The van der Waals surface area contributed by atoms with Crippen molar-refractivity contribution in [1.29, 1.82) is 0 Å². The van der Waals surface area contributed by atoms with Gasteiger partial charge in [-0.2, -0.15) is 5.10 Å². The van der Waals surface area contributed by atoms with Crippen molar-refractivity contribution in [2.24, 2.45) is 0 Å². The third kappa shape index (κ3) is 2.54. The van der Waals surface area contributed by atoms with E-state index in [0.29, 0.717) is 6.61 Å². The number of nitrogens with zero attached hydrogens (tertiary/aromatic N) is 4. The lowest BCUT2D eigenvalue weighted by Gasteiger charge is -2.04. The van der Waals surface area contributed by atoms with Crippen LogP contribution in [0.15, 0.2) is 35.8 Å². The van der Waals surface area contributed by atoms with Crippen LogP contribution < -0.4 is 4.74 Å². The van der Waals surface area contributed by atoms with Gasteiger partial charge in [0, 0.05) is 17.8 Å². The number of aromatic nitrogens is 4. The maximum atomic E-state index is 5.79. The van der Waals surface area contributed by atoms with Crippen LogP contribution in [0.1, 0.15) is 17.8 Å². The maximum absolute atomic E-state index is 5.79. The normalized spacial score (nSPS) is 13.3. The van der Waals surface area contributed by atoms with E-state index >= 15 is 0 Å². The number of hydrogen-bond acceptors (Lipinski definition) is 5. The van der Waals surface area contributed by atoms with Crippen LogP contribution in [0.25, 0.3) is 10.6 Å². The Hall–Kier alpha value is -2.21. The molecule has 0 bridgehead atoms. The van der Waals surface area contributed by atoms with Gasteiger partial charge in [-0.25, -0.2) is 0 Å². The highest BCUT2D eigenvalue weighted by molar-refractivity contribution is 7.12. The van der Waals surface area contributed by atoms with Gasteiger partial charge in [0.05, 0.1) is 0 Å². The summed E-state index contributed by atoms with van der Waals surface area (Å²) in [6.07, 6.45) is 2.33. The second-order valence-corrected chi connectivity index (χ2v) is 5.84. The van der Waals surface area contributed by atoms with Crippen molar-refractivity contribution in [1.82, 2.24) is 20.0 Å². The van der Waals surface area contributed by atoms with Gasteiger partial charge in [0.15, 0.2) is 0 Å². The molecule has 0 aliphatic carbocycles. The summed E-state index contributed by atoms with van der Waals surface area (Å²) in [5.74, 6) is 0.844. The molecule has 0 atom stereocenters. The number of aryl methyl sites for hydroxylation is 2. The van der Waals surface area contributed by atoms with Crippen molar-refractivity contribution in [3.8, 4) is 16.3 Å². The first-order chi connectivity index (χ1) is 10.4. The van der Waals surface area contributed by atoms with Crippen LogP contribution in [-0.4, -0.2) is 20.0 Å². The Bertz CT molecular complexity index is 712. The monoisotopic (exact) mass is 298 g/mol. The van der Waals surface area contributed by atoms with Crippen molar-refractivity contribution in [2.45, 2.75) is 26.0 Å². The minimum Gasteiger partial charge on any atom is -0.487 e. The van der Waals surface area contributed by atoms with E-state index in [2.05, 4.69) is 26.0 Å². The fourth-order valence-electron chi connectivity index (χ4n) is 2.54. The molecule has 1 aliphatic heterocycles. The molecule has 0 N–H and O–H groups in total. The largest absolute Gasteiger partial charge is 0.487 e. The summed E-state index contributed by atoms with van der Waals surface area (Å²) in [6, 6.07) is 10.1. The van der Waals surface area contributed by atoms with Crippen molar-refractivity contribution in [3.05, 3.63) is 47.2 Å². The number of benzene rings is 1. The van der Waals surface area contributed by atoms with Crippen LogP contribution in [0, 0.1) is 0 Å². The highest BCUT2D eigenvalue weighted by atomic mass is 32.1. The average molecular weight is 298 g/mol. The molecule has 106 valence electrons. The standard InChI is InChI=1S/C15H14N4OS/c1-2-13-8-12(18-19(13)7-1)9-20-14-5-3-11(4-6-14)15-17-16-10-21-15/h3-6,8,10H,1-2,7,9H2. The van der Waals surface area contributed by atoms with Gasteiger partial charge >= 0.3 is 0 Å². The minimum atomic E-state index is 0.512. The zero-order valence-electron chi connectivity index (χ0n) is 11.4.